The molecule has 0 aliphatic rings. The van der Waals surface area contributed by atoms with Gasteiger partial charge in [0, 0.05) is 11.9 Å². The normalized spacial score (nSPS) is 10.7. The molecule has 0 saturated carbocycles. The molecule has 23 heavy (non-hydrogen) atoms. The van der Waals surface area contributed by atoms with Gasteiger partial charge in [-0.3, -0.25) is 0 Å². The summed E-state index contributed by atoms with van der Waals surface area (Å²) in [7, 11) is 1.89. The first kappa shape index (κ1) is 19.6. The first-order chi connectivity index (χ1) is 10.8. The molecule has 0 atom stereocenters. The third-order valence-corrected chi connectivity index (χ3v) is 4.99. The van der Waals surface area contributed by atoms with Crippen LogP contribution in [0.25, 0.3) is 0 Å². The van der Waals surface area contributed by atoms with Crippen LogP contribution in [0.1, 0.15) is 49.9 Å². The number of hydrogen-bond donors (Lipinski definition) is 1. The topological polar surface area (TPSA) is 40.5 Å². The molecular weight excluding hydrogens is 326 g/mol. The van der Waals surface area contributed by atoms with Gasteiger partial charge in [-0.25, -0.2) is 4.79 Å². The van der Waals surface area contributed by atoms with E-state index in [0.29, 0.717) is 4.88 Å². The van der Waals surface area contributed by atoms with Gasteiger partial charge in [-0.1, -0.05) is 46.8 Å². The number of rotatable bonds is 4. The van der Waals surface area contributed by atoms with E-state index < -0.39 is 5.97 Å². The van der Waals surface area contributed by atoms with Crippen LogP contribution in [0.5, 0.6) is 0 Å². The van der Waals surface area contributed by atoms with Gasteiger partial charge in [-0.2, -0.15) is 0 Å². The van der Waals surface area contributed by atoms with Crippen LogP contribution < -0.4 is 4.31 Å². The van der Waals surface area contributed by atoms with Gasteiger partial charge in [0.25, 0.3) is 0 Å². The van der Waals surface area contributed by atoms with Crippen LogP contribution in [0, 0.1) is 0 Å². The largest absolute Gasteiger partial charge is 0.477 e. The molecule has 126 valence electrons. The number of benzene rings is 1. The van der Waals surface area contributed by atoms with Gasteiger partial charge in [0.15, 0.2) is 0 Å². The zero-order valence-electron chi connectivity index (χ0n) is 14.6. The predicted molar refractivity (Wildman–Crippen MR) is 102 cm³/mol. The van der Waals surface area contributed by atoms with Crippen LogP contribution in [0.3, 0.4) is 0 Å². The maximum Gasteiger partial charge on any atom is 0.348 e. The molecule has 0 amide bonds. The van der Waals surface area contributed by atoms with Crippen molar-refractivity contribution in [1.29, 1.82) is 0 Å². The molecule has 0 radical (unpaired) electrons. The predicted octanol–water partition coefficient (Wildman–Crippen LogP) is 5.91. The number of nitrogens with zero attached hydrogens (tertiary/aromatic N) is 1. The average Bonchev–Trinajstić information content (AvgIpc) is 2.99. The Hall–Kier alpha value is -1.46. The second kappa shape index (κ2) is 8.41. The maximum atomic E-state index is 11.2. The van der Waals surface area contributed by atoms with E-state index in [9.17, 15) is 4.79 Å². The lowest BCUT2D eigenvalue weighted by molar-refractivity contribution is 0.0703. The smallest absolute Gasteiger partial charge is 0.348 e. The fourth-order valence-electron chi connectivity index (χ4n) is 1.93. The van der Waals surface area contributed by atoms with E-state index in [1.807, 2.05) is 31.3 Å². The van der Waals surface area contributed by atoms with Gasteiger partial charge in [0.05, 0.1) is 5.69 Å². The van der Waals surface area contributed by atoms with Crippen LogP contribution in [-0.2, 0) is 5.41 Å². The zero-order valence-corrected chi connectivity index (χ0v) is 16.2. The standard InChI is InChI=1S/C16H19NO2S2.C2H6/c1-16(2,3)11-5-7-12(8-6-11)21-17(4)13-9-10-20-14(13)15(18)19;1-2/h5-10H,1-4H3,(H,18,19);1-2H3. The number of aromatic carboxylic acids is 1. The summed E-state index contributed by atoms with van der Waals surface area (Å²) in [6.07, 6.45) is 0. The zero-order chi connectivity index (χ0) is 17.6. The highest BCUT2D eigenvalue weighted by Gasteiger charge is 2.17. The summed E-state index contributed by atoms with van der Waals surface area (Å²) in [4.78, 5) is 12.6. The summed E-state index contributed by atoms with van der Waals surface area (Å²) < 4.78 is 1.89. The Kier molecular flexibility index (Phi) is 7.16. The minimum atomic E-state index is -0.879. The number of thiophene rings is 1. The molecule has 1 N–H and O–H groups in total. The van der Waals surface area contributed by atoms with Gasteiger partial charge in [0.1, 0.15) is 4.88 Å². The van der Waals surface area contributed by atoms with Crippen LogP contribution in [-0.4, -0.2) is 18.1 Å². The van der Waals surface area contributed by atoms with Gasteiger partial charge in [-0.05, 0) is 46.5 Å². The molecule has 1 aromatic heterocycles. The molecule has 5 heteroatoms. The summed E-state index contributed by atoms with van der Waals surface area (Å²) in [5.41, 5.74) is 2.16. The monoisotopic (exact) mass is 351 g/mol. The second-order valence-electron chi connectivity index (χ2n) is 5.80. The SMILES string of the molecule is CC.CN(Sc1ccc(C(C)(C)C)cc1)c1ccsc1C(=O)O. The summed E-state index contributed by atoms with van der Waals surface area (Å²) in [6.45, 7) is 10.6. The van der Waals surface area contributed by atoms with E-state index in [4.69, 9.17) is 5.11 Å². The molecular formula is C18H25NO2S2. The Morgan fingerprint density at radius 1 is 1.13 bits per heavy atom. The quantitative estimate of drug-likeness (QED) is 0.695. The van der Waals surface area contributed by atoms with Gasteiger partial charge in [-0.15, -0.1) is 11.3 Å². The van der Waals surface area contributed by atoms with E-state index in [2.05, 4.69) is 45.0 Å². The van der Waals surface area contributed by atoms with E-state index >= 15 is 0 Å². The Morgan fingerprint density at radius 2 is 1.70 bits per heavy atom. The van der Waals surface area contributed by atoms with E-state index in [-0.39, 0.29) is 5.41 Å². The Labute approximate surface area is 147 Å². The Morgan fingerprint density at radius 3 is 2.17 bits per heavy atom. The average molecular weight is 352 g/mol. The summed E-state index contributed by atoms with van der Waals surface area (Å²) in [5, 5.41) is 11.0. The van der Waals surface area contributed by atoms with Crippen molar-refractivity contribution >= 4 is 34.9 Å². The number of hydrogen-bond acceptors (Lipinski definition) is 4. The first-order valence-corrected chi connectivity index (χ1v) is 9.27. The lowest BCUT2D eigenvalue weighted by Gasteiger charge is -2.20. The van der Waals surface area contributed by atoms with Crippen molar-refractivity contribution < 1.29 is 9.90 Å². The molecule has 2 aromatic rings. The minimum Gasteiger partial charge on any atom is -0.477 e. The van der Waals surface area contributed by atoms with E-state index in [1.54, 1.807) is 5.38 Å². The van der Waals surface area contributed by atoms with Crippen molar-refractivity contribution in [3.63, 3.8) is 0 Å². The molecule has 0 spiro atoms. The van der Waals surface area contributed by atoms with E-state index in [0.717, 1.165) is 10.6 Å². The van der Waals surface area contributed by atoms with E-state index in [1.165, 1.54) is 28.8 Å². The van der Waals surface area contributed by atoms with Crippen LogP contribution in [0.2, 0.25) is 0 Å². The highest BCUT2D eigenvalue weighted by atomic mass is 32.2. The number of anilines is 1. The number of carboxylic acids is 1. The molecule has 0 unspecified atom stereocenters. The number of carbonyl (C=O) groups is 1. The molecule has 0 aliphatic heterocycles. The third kappa shape index (κ3) is 5.29. The molecule has 3 nitrogen and oxygen atoms in total. The Bertz CT molecular complexity index is 627. The third-order valence-electron chi connectivity index (χ3n) is 3.14. The highest BCUT2D eigenvalue weighted by Crippen LogP contribution is 2.33. The highest BCUT2D eigenvalue weighted by molar-refractivity contribution is 8.00. The molecule has 2 rings (SSSR count). The molecule has 0 fully saturated rings. The lowest BCUT2D eigenvalue weighted by atomic mass is 9.87. The van der Waals surface area contributed by atoms with Gasteiger partial charge >= 0.3 is 5.97 Å². The van der Waals surface area contributed by atoms with Gasteiger partial charge < -0.3 is 9.41 Å². The van der Waals surface area contributed by atoms with Crippen LogP contribution in [0.4, 0.5) is 5.69 Å². The first-order valence-electron chi connectivity index (χ1n) is 7.62. The van der Waals surface area contributed by atoms with Crippen molar-refractivity contribution in [2.45, 2.75) is 44.9 Å². The molecule has 0 saturated heterocycles. The fourth-order valence-corrected chi connectivity index (χ4v) is 3.58. The van der Waals surface area contributed by atoms with Crippen LogP contribution in [0.15, 0.2) is 40.6 Å². The fraction of sp³-hybridized carbons (Fsp3) is 0.389. The van der Waals surface area contributed by atoms with Crippen LogP contribution >= 0.6 is 23.3 Å². The van der Waals surface area contributed by atoms with Gasteiger partial charge in [0.2, 0.25) is 0 Å². The minimum absolute atomic E-state index is 0.138. The van der Waals surface area contributed by atoms with Crippen molar-refractivity contribution in [2.75, 3.05) is 11.4 Å². The molecule has 0 bridgehead atoms. The second-order valence-corrected chi connectivity index (χ2v) is 7.92. The molecule has 1 heterocycles. The summed E-state index contributed by atoms with van der Waals surface area (Å²) >= 11 is 2.78. The van der Waals surface area contributed by atoms with Crippen molar-refractivity contribution in [3.05, 3.63) is 46.2 Å². The summed E-state index contributed by atoms with van der Waals surface area (Å²) in [5.74, 6) is -0.879. The van der Waals surface area contributed by atoms with Crippen molar-refractivity contribution in [2.24, 2.45) is 0 Å². The molecule has 0 aliphatic carbocycles. The van der Waals surface area contributed by atoms with Crippen molar-refractivity contribution in [3.8, 4) is 0 Å². The number of carboxylic acid groups (broad SMARTS) is 1. The Balaban J connectivity index is 0.00000127. The maximum absolute atomic E-state index is 11.2. The van der Waals surface area contributed by atoms with Crippen molar-refractivity contribution in [1.82, 2.24) is 0 Å². The summed E-state index contributed by atoms with van der Waals surface area (Å²) in [6, 6.07) is 10.2. The lowest BCUT2D eigenvalue weighted by Crippen LogP contribution is -2.11. The molecule has 1 aromatic carbocycles.